The number of carbonyl (C=O) groups excluding carboxylic acids is 2. The molecule has 0 fully saturated rings. The van der Waals surface area contributed by atoms with E-state index in [9.17, 15) is 9.59 Å². The summed E-state index contributed by atoms with van der Waals surface area (Å²) in [5, 5.41) is 8.83. The summed E-state index contributed by atoms with van der Waals surface area (Å²) in [6.45, 7) is 1.52. The Morgan fingerprint density at radius 1 is 0.947 bits per heavy atom. The lowest BCUT2D eigenvalue weighted by Crippen LogP contribution is -2.25. The molecule has 1 N–H and O–H groups in total. The van der Waals surface area contributed by atoms with Gasteiger partial charge in [-0.25, -0.2) is 4.39 Å². The minimum atomic E-state index is -0.658. The van der Waals surface area contributed by atoms with Gasteiger partial charge in [0.2, 0.25) is 6.41 Å². The number of halogens is 1. The van der Waals surface area contributed by atoms with Crippen LogP contribution in [-0.4, -0.2) is 62.7 Å². The molecule has 0 saturated carbocycles. The molecule has 0 atom stereocenters. The number of hydrogen-bond acceptors (Lipinski definition) is 5. The van der Waals surface area contributed by atoms with Crippen LogP contribution in [0.2, 0.25) is 0 Å². The summed E-state index contributed by atoms with van der Waals surface area (Å²) in [6.07, 6.45) is 12.9. The van der Waals surface area contributed by atoms with Gasteiger partial charge in [-0.1, -0.05) is 17.9 Å². The maximum atomic E-state index is 15.2. The third-order valence-corrected chi connectivity index (χ3v) is 5.59. The van der Waals surface area contributed by atoms with E-state index >= 15 is 4.39 Å². The summed E-state index contributed by atoms with van der Waals surface area (Å²) < 4.78 is 15.2. The van der Waals surface area contributed by atoms with E-state index in [0.717, 1.165) is 11.4 Å². The van der Waals surface area contributed by atoms with E-state index in [1.807, 2.05) is 26.0 Å². The van der Waals surface area contributed by atoms with Crippen molar-refractivity contribution in [3.63, 3.8) is 0 Å². The Hall–Kier alpha value is -4.92. The average Bonchev–Trinajstić information content (AvgIpc) is 2.92. The zero-order valence-electron chi connectivity index (χ0n) is 21.5. The number of anilines is 3. The summed E-state index contributed by atoms with van der Waals surface area (Å²) in [6, 6.07) is 15.6. The zero-order valence-corrected chi connectivity index (χ0v) is 21.5. The number of nitrogens with zero attached hydrogens (tertiary/aromatic N) is 4. The number of benzene rings is 3. The standard InChI is InChI=1S/C30H28FN5O2/c1-6-22-8-12-25(13-9-22)33-30(38)26-18-23(7-2)10-14-28(26)36(21-37)29-15-11-24(19-27(29)31)20-32-35(5)17-16-34(3)4/h1-2,8-15,18-21H,16-17H2,3-5H3,(H,33,38). The van der Waals surface area contributed by atoms with E-state index in [-0.39, 0.29) is 16.9 Å². The third kappa shape index (κ3) is 7.07. The van der Waals surface area contributed by atoms with Crippen molar-refractivity contribution < 1.29 is 14.0 Å². The van der Waals surface area contributed by atoms with Crippen LogP contribution in [0.3, 0.4) is 0 Å². The number of rotatable bonds is 10. The van der Waals surface area contributed by atoms with E-state index in [4.69, 9.17) is 12.8 Å². The SMILES string of the molecule is C#Cc1ccc(NC(=O)c2cc(C#C)ccc2N(C=O)c2ccc(C=NN(C)CCN(C)C)cc2F)cc1. The van der Waals surface area contributed by atoms with Gasteiger partial charge in [-0.2, -0.15) is 5.10 Å². The second-order valence-electron chi connectivity index (χ2n) is 8.67. The quantitative estimate of drug-likeness (QED) is 0.193. The van der Waals surface area contributed by atoms with E-state index in [1.165, 1.54) is 24.3 Å². The highest BCUT2D eigenvalue weighted by Crippen LogP contribution is 2.31. The maximum absolute atomic E-state index is 15.2. The third-order valence-electron chi connectivity index (χ3n) is 5.59. The van der Waals surface area contributed by atoms with Gasteiger partial charge in [-0.05, 0) is 74.3 Å². The minimum absolute atomic E-state index is 0.0287. The van der Waals surface area contributed by atoms with Crippen LogP contribution in [0.15, 0.2) is 65.8 Å². The molecule has 0 aromatic heterocycles. The molecule has 3 aromatic carbocycles. The summed E-state index contributed by atoms with van der Waals surface area (Å²) in [4.78, 5) is 28.5. The number of hydrogen-bond donors (Lipinski definition) is 1. The predicted molar refractivity (Wildman–Crippen MR) is 150 cm³/mol. The Kier molecular flexibility index (Phi) is 9.37. The molecule has 0 radical (unpaired) electrons. The Balaban J connectivity index is 1.91. The molecule has 0 unspecified atom stereocenters. The summed E-state index contributed by atoms with van der Waals surface area (Å²) >= 11 is 0. The van der Waals surface area contributed by atoms with Gasteiger partial charge in [0.25, 0.3) is 5.91 Å². The molecule has 8 heteroatoms. The molecule has 0 bridgehead atoms. The molecule has 38 heavy (non-hydrogen) atoms. The minimum Gasteiger partial charge on any atom is -0.322 e. The summed E-state index contributed by atoms with van der Waals surface area (Å²) in [5.74, 6) is 3.80. The molecule has 0 heterocycles. The first-order valence-corrected chi connectivity index (χ1v) is 11.7. The van der Waals surface area contributed by atoms with Crippen molar-refractivity contribution in [2.75, 3.05) is 44.4 Å². The molecule has 2 amide bonds. The summed E-state index contributed by atoms with van der Waals surface area (Å²) in [5.41, 5.74) is 2.34. The second-order valence-corrected chi connectivity index (χ2v) is 8.67. The number of amides is 2. The second kappa shape index (κ2) is 12.9. The van der Waals surface area contributed by atoms with Crippen LogP contribution in [0.25, 0.3) is 0 Å². The van der Waals surface area contributed by atoms with Crippen LogP contribution < -0.4 is 10.2 Å². The highest BCUT2D eigenvalue weighted by atomic mass is 19.1. The van der Waals surface area contributed by atoms with Crippen molar-refractivity contribution in [1.82, 2.24) is 9.91 Å². The Bertz CT molecular complexity index is 1420. The highest BCUT2D eigenvalue weighted by molar-refractivity contribution is 6.10. The topological polar surface area (TPSA) is 68.2 Å². The van der Waals surface area contributed by atoms with Gasteiger partial charge in [0.15, 0.2) is 0 Å². The van der Waals surface area contributed by atoms with Crippen molar-refractivity contribution in [3.05, 3.63) is 88.7 Å². The Morgan fingerprint density at radius 3 is 2.21 bits per heavy atom. The van der Waals surface area contributed by atoms with Gasteiger partial charge >= 0.3 is 0 Å². The molecule has 192 valence electrons. The molecule has 0 aliphatic carbocycles. The van der Waals surface area contributed by atoms with Crippen molar-refractivity contribution in [1.29, 1.82) is 0 Å². The van der Waals surface area contributed by atoms with E-state index < -0.39 is 11.7 Å². The van der Waals surface area contributed by atoms with Crippen LogP contribution in [-0.2, 0) is 4.79 Å². The molecule has 0 aliphatic heterocycles. The fourth-order valence-corrected chi connectivity index (χ4v) is 3.48. The zero-order chi connectivity index (χ0) is 27.7. The lowest BCUT2D eigenvalue weighted by atomic mass is 10.1. The van der Waals surface area contributed by atoms with Gasteiger partial charge < -0.3 is 10.2 Å². The molecular formula is C30H28FN5O2. The maximum Gasteiger partial charge on any atom is 0.257 e. The van der Waals surface area contributed by atoms with E-state index in [2.05, 4.69) is 22.3 Å². The van der Waals surface area contributed by atoms with Gasteiger partial charge in [0, 0.05) is 37.0 Å². The number of likely N-dealkylation sites (N-methyl/N-ethyl adjacent to an activating group) is 2. The molecule has 3 aromatic rings. The monoisotopic (exact) mass is 509 g/mol. The first kappa shape index (κ1) is 27.7. The fourth-order valence-electron chi connectivity index (χ4n) is 3.48. The van der Waals surface area contributed by atoms with E-state index in [1.54, 1.807) is 47.6 Å². The smallest absolute Gasteiger partial charge is 0.257 e. The summed E-state index contributed by atoms with van der Waals surface area (Å²) in [7, 11) is 5.77. The first-order chi connectivity index (χ1) is 18.2. The van der Waals surface area contributed by atoms with Crippen molar-refractivity contribution in [2.24, 2.45) is 5.10 Å². The number of hydrazone groups is 1. The van der Waals surface area contributed by atoms with Gasteiger partial charge in [0.05, 0.1) is 23.2 Å². The number of terminal acetylenes is 2. The highest BCUT2D eigenvalue weighted by Gasteiger charge is 2.21. The largest absolute Gasteiger partial charge is 0.322 e. The van der Waals surface area contributed by atoms with Gasteiger partial charge in [0.1, 0.15) is 5.82 Å². The Morgan fingerprint density at radius 2 is 1.61 bits per heavy atom. The van der Waals surface area contributed by atoms with Crippen molar-refractivity contribution in [2.45, 2.75) is 0 Å². The van der Waals surface area contributed by atoms with Crippen LogP contribution in [0.4, 0.5) is 21.5 Å². The fraction of sp³-hybridized carbons (Fsp3) is 0.167. The number of nitrogens with one attached hydrogen (secondary N) is 1. The molecule has 0 aliphatic rings. The van der Waals surface area contributed by atoms with Gasteiger partial charge in [-0.3, -0.25) is 19.5 Å². The van der Waals surface area contributed by atoms with Crippen molar-refractivity contribution >= 4 is 35.6 Å². The lowest BCUT2D eigenvalue weighted by molar-refractivity contribution is -0.106. The van der Waals surface area contributed by atoms with Crippen LogP contribution in [0.1, 0.15) is 27.0 Å². The number of carbonyl (C=O) groups is 2. The van der Waals surface area contributed by atoms with Crippen molar-refractivity contribution in [3.8, 4) is 24.7 Å². The predicted octanol–water partition coefficient (Wildman–Crippen LogP) is 4.16. The average molecular weight is 510 g/mol. The molecule has 3 rings (SSSR count). The molecule has 0 spiro atoms. The lowest BCUT2D eigenvalue weighted by Gasteiger charge is -2.22. The van der Waals surface area contributed by atoms with Crippen LogP contribution >= 0.6 is 0 Å². The van der Waals surface area contributed by atoms with Crippen LogP contribution in [0.5, 0.6) is 0 Å². The van der Waals surface area contributed by atoms with Crippen LogP contribution in [0, 0.1) is 30.5 Å². The van der Waals surface area contributed by atoms with E-state index in [0.29, 0.717) is 35.3 Å². The molecule has 0 saturated heterocycles. The Labute approximate surface area is 222 Å². The molecule has 7 nitrogen and oxygen atoms in total. The first-order valence-electron chi connectivity index (χ1n) is 11.7. The molecular weight excluding hydrogens is 481 g/mol. The normalized spacial score (nSPS) is 10.6. The van der Waals surface area contributed by atoms with Gasteiger partial charge in [-0.15, -0.1) is 12.8 Å².